The zero-order valence-electron chi connectivity index (χ0n) is 11.1. The fourth-order valence-corrected chi connectivity index (χ4v) is 2.15. The first-order valence-electron chi connectivity index (χ1n) is 6.79. The predicted molar refractivity (Wildman–Crippen MR) is 68.0 cm³/mol. The second-order valence-electron chi connectivity index (χ2n) is 5.18. The van der Waals surface area contributed by atoms with Gasteiger partial charge in [0.2, 0.25) is 0 Å². The van der Waals surface area contributed by atoms with Gasteiger partial charge in [0.25, 0.3) is 0 Å². The maximum Gasteiger partial charge on any atom is 0.0568 e. The van der Waals surface area contributed by atoms with E-state index in [0.29, 0.717) is 5.92 Å². The van der Waals surface area contributed by atoms with Gasteiger partial charge in [-0.1, -0.05) is 66.2 Å². The van der Waals surface area contributed by atoms with Gasteiger partial charge in [0.15, 0.2) is 0 Å². The number of aliphatic hydroxyl groups is 1. The maximum atomic E-state index is 9.92. The highest BCUT2D eigenvalue weighted by Gasteiger charge is 2.14. The van der Waals surface area contributed by atoms with E-state index in [-0.39, 0.29) is 6.10 Å². The van der Waals surface area contributed by atoms with Crippen LogP contribution in [0, 0.1) is 11.8 Å². The molecule has 1 heteroatoms. The van der Waals surface area contributed by atoms with E-state index in [9.17, 15) is 5.11 Å². The van der Waals surface area contributed by atoms with Crippen molar-refractivity contribution in [3.63, 3.8) is 0 Å². The van der Waals surface area contributed by atoms with E-state index in [4.69, 9.17) is 0 Å². The van der Waals surface area contributed by atoms with Crippen LogP contribution in [0.1, 0.15) is 72.6 Å². The van der Waals surface area contributed by atoms with E-state index in [2.05, 4.69) is 27.7 Å². The van der Waals surface area contributed by atoms with Crippen molar-refractivity contribution in [3.8, 4) is 0 Å². The van der Waals surface area contributed by atoms with Crippen molar-refractivity contribution in [1.29, 1.82) is 0 Å². The van der Waals surface area contributed by atoms with E-state index < -0.39 is 0 Å². The monoisotopic (exact) mass is 214 g/mol. The third kappa shape index (κ3) is 7.84. The molecule has 0 heterocycles. The Morgan fingerprint density at radius 2 is 1.40 bits per heavy atom. The van der Waals surface area contributed by atoms with Crippen LogP contribution in [0.5, 0.6) is 0 Å². The molecule has 0 radical (unpaired) electrons. The van der Waals surface area contributed by atoms with Gasteiger partial charge in [-0.3, -0.25) is 0 Å². The highest BCUT2D eigenvalue weighted by Crippen LogP contribution is 2.19. The summed E-state index contributed by atoms with van der Waals surface area (Å²) in [7, 11) is 0. The normalized spacial score (nSPS) is 13.8. The van der Waals surface area contributed by atoms with Crippen LogP contribution in [0.25, 0.3) is 0 Å². The van der Waals surface area contributed by atoms with Gasteiger partial charge in [-0.2, -0.15) is 0 Å². The first kappa shape index (κ1) is 15.0. The molecule has 92 valence electrons. The number of unbranched alkanes of at least 4 members (excludes halogenated alkanes) is 2. The van der Waals surface area contributed by atoms with Crippen LogP contribution in [0.3, 0.4) is 0 Å². The van der Waals surface area contributed by atoms with E-state index in [1.165, 1.54) is 25.7 Å². The van der Waals surface area contributed by atoms with Crippen molar-refractivity contribution in [2.45, 2.75) is 78.7 Å². The average Bonchev–Trinajstić information content (AvgIpc) is 2.18. The molecule has 1 unspecified atom stereocenters. The van der Waals surface area contributed by atoms with Crippen LogP contribution >= 0.6 is 0 Å². The molecule has 0 rings (SSSR count). The maximum absolute atomic E-state index is 9.92. The Kier molecular flexibility index (Phi) is 9.18. The van der Waals surface area contributed by atoms with Gasteiger partial charge >= 0.3 is 0 Å². The van der Waals surface area contributed by atoms with E-state index in [0.717, 1.165) is 25.2 Å². The minimum Gasteiger partial charge on any atom is -0.393 e. The van der Waals surface area contributed by atoms with E-state index in [1.807, 2.05) is 0 Å². The minimum absolute atomic E-state index is 0.0564. The lowest BCUT2D eigenvalue weighted by atomic mass is 9.92. The van der Waals surface area contributed by atoms with Crippen molar-refractivity contribution in [2.75, 3.05) is 0 Å². The molecular formula is C14H30O. The molecule has 1 atom stereocenters. The Morgan fingerprint density at radius 3 is 1.87 bits per heavy atom. The lowest BCUT2D eigenvalue weighted by molar-refractivity contribution is 0.0913. The molecule has 0 aromatic rings. The molecular weight excluding hydrogens is 184 g/mol. The van der Waals surface area contributed by atoms with Gasteiger partial charge in [-0.25, -0.2) is 0 Å². The minimum atomic E-state index is -0.0564. The Balaban J connectivity index is 3.41. The number of aliphatic hydroxyl groups excluding tert-OH is 1. The highest BCUT2D eigenvalue weighted by molar-refractivity contribution is 4.66. The van der Waals surface area contributed by atoms with Crippen molar-refractivity contribution < 1.29 is 5.11 Å². The molecule has 0 aromatic carbocycles. The summed E-state index contributed by atoms with van der Waals surface area (Å²) < 4.78 is 0. The van der Waals surface area contributed by atoms with Crippen LogP contribution < -0.4 is 0 Å². The van der Waals surface area contributed by atoms with E-state index >= 15 is 0 Å². The summed E-state index contributed by atoms with van der Waals surface area (Å²) in [4.78, 5) is 0. The summed E-state index contributed by atoms with van der Waals surface area (Å²) in [6.07, 6.45) is 8.32. The van der Waals surface area contributed by atoms with Crippen molar-refractivity contribution in [3.05, 3.63) is 0 Å². The molecule has 0 saturated carbocycles. The van der Waals surface area contributed by atoms with Crippen LogP contribution in [-0.4, -0.2) is 11.2 Å². The second-order valence-corrected chi connectivity index (χ2v) is 5.18. The zero-order chi connectivity index (χ0) is 11.7. The van der Waals surface area contributed by atoms with Crippen LogP contribution in [0.4, 0.5) is 0 Å². The third-order valence-electron chi connectivity index (χ3n) is 3.37. The molecule has 0 saturated heterocycles. The summed E-state index contributed by atoms with van der Waals surface area (Å²) in [5, 5.41) is 9.92. The Morgan fingerprint density at radius 1 is 0.867 bits per heavy atom. The fourth-order valence-electron chi connectivity index (χ4n) is 2.15. The SMILES string of the molecule is CCC(CC)C(O)CCCCCC(C)C. The van der Waals surface area contributed by atoms with Crippen molar-refractivity contribution in [2.24, 2.45) is 11.8 Å². The molecule has 0 aliphatic rings. The molecule has 0 spiro atoms. The molecule has 0 amide bonds. The van der Waals surface area contributed by atoms with Gasteiger partial charge in [0.1, 0.15) is 0 Å². The van der Waals surface area contributed by atoms with E-state index in [1.54, 1.807) is 0 Å². The van der Waals surface area contributed by atoms with Gasteiger partial charge in [-0.05, 0) is 18.3 Å². The molecule has 0 bridgehead atoms. The van der Waals surface area contributed by atoms with Crippen molar-refractivity contribution >= 4 is 0 Å². The molecule has 0 fully saturated rings. The number of hydrogen-bond donors (Lipinski definition) is 1. The van der Waals surface area contributed by atoms with Crippen molar-refractivity contribution in [1.82, 2.24) is 0 Å². The molecule has 0 aliphatic carbocycles. The summed E-state index contributed by atoms with van der Waals surface area (Å²) in [6.45, 7) is 8.91. The Bertz CT molecular complexity index is 127. The first-order valence-corrected chi connectivity index (χ1v) is 6.79. The lowest BCUT2D eigenvalue weighted by Gasteiger charge is -2.19. The molecule has 0 aromatic heterocycles. The highest BCUT2D eigenvalue weighted by atomic mass is 16.3. The molecule has 15 heavy (non-hydrogen) atoms. The summed E-state index contributed by atoms with van der Waals surface area (Å²) in [6, 6.07) is 0. The second kappa shape index (κ2) is 9.21. The predicted octanol–water partition coefficient (Wildman–Crippen LogP) is 4.39. The number of hydrogen-bond acceptors (Lipinski definition) is 1. The topological polar surface area (TPSA) is 20.2 Å². The molecule has 0 aliphatic heterocycles. The van der Waals surface area contributed by atoms with Gasteiger partial charge < -0.3 is 5.11 Å². The smallest absolute Gasteiger partial charge is 0.0568 e. The standard InChI is InChI=1S/C14H30O/c1-5-13(6-2)14(15)11-9-7-8-10-12(3)4/h12-15H,5-11H2,1-4H3. The lowest BCUT2D eigenvalue weighted by Crippen LogP contribution is -2.18. The zero-order valence-corrected chi connectivity index (χ0v) is 11.1. The summed E-state index contributed by atoms with van der Waals surface area (Å²) >= 11 is 0. The number of rotatable bonds is 9. The molecule has 1 N–H and O–H groups in total. The first-order chi connectivity index (χ1) is 7.11. The van der Waals surface area contributed by atoms with Gasteiger partial charge in [0, 0.05) is 0 Å². The average molecular weight is 214 g/mol. The van der Waals surface area contributed by atoms with Gasteiger partial charge in [-0.15, -0.1) is 0 Å². The Hall–Kier alpha value is -0.0400. The van der Waals surface area contributed by atoms with Crippen LogP contribution in [-0.2, 0) is 0 Å². The fraction of sp³-hybridized carbons (Fsp3) is 1.00. The van der Waals surface area contributed by atoms with Crippen LogP contribution in [0.15, 0.2) is 0 Å². The van der Waals surface area contributed by atoms with Crippen LogP contribution in [0.2, 0.25) is 0 Å². The van der Waals surface area contributed by atoms with Gasteiger partial charge in [0.05, 0.1) is 6.10 Å². The quantitative estimate of drug-likeness (QED) is 0.564. The summed E-state index contributed by atoms with van der Waals surface area (Å²) in [5.74, 6) is 1.35. The Labute approximate surface area is 96.3 Å². The third-order valence-corrected chi connectivity index (χ3v) is 3.37. The largest absolute Gasteiger partial charge is 0.393 e. The molecule has 1 nitrogen and oxygen atoms in total. The summed E-state index contributed by atoms with van der Waals surface area (Å²) in [5.41, 5.74) is 0.